The van der Waals surface area contributed by atoms with Gasteiger partial charge in [0, 0.05) is 16.8 Å². The van der Waals surface area contributed by atoms with E-state index in [1.54, 1.807) is 13.8 Å². The molecule has 4 rings (SSSR count). The molecule has 3 aromatic rings. The molecule has 1 aliphatic carbocycles. The van der Waals surface area contributed by atoms with Crippen LogP contribution in [0, 0.1) is 0 Å². The fourth-order valence-electron chi connectivity index (χ4n) is 3.26. The third-order valence-corrected chi connectivity index (χ3v) is 4.92. The second-order valence-corrected chi connectivity index (χ2v) is 8.57. The van der Waals surface area contributed by atoms with Gasteiger partial charge in [0.05, 0.1) is 11.0 Å². The molecule has 0 radical (unpaired) electrons. The van der Waals surface area contributed by atoms with Gasteiger partial charge in [-0.1, -0.05) is 29.8 Å². The number of hydrogen-bond donors (Lipinski definition) is 3. The fourth-order valence-corrected chi connectivity index (χ4v) is 3.38. The van der Waals surface area contributed by atoms with Crippen LogP contribution in [0.5, 0.6) is 0 Å². The van der Waals surface area contributed by atoms with Crippen molar-refractivity contribution in [2.24, 2.45) is 0 Å². The van der Waals surface area contributed by atoms with Crippen molar-refractivity contribution < 1.29 is 22.6 Å². The van der Waals surface area contributed by atoms with Crippen LogP contribution in [-0.2, 0) is 21.4 Å². The normalized spacial score (nSPS) is 15.8. The third-order valence-electron chi connectivity index (χ3n) is 4.67. The standard InChI is InChI=1S/C18H18ClN3O.H2O4S/c1-17(2,23)14-4-3-11-22-15(14)20-21-16(22)18(9-10-18)12-5-7-13(19)8-6-12;1-5(2,3)4/h3-8,11,23H,9-10H2,1-2H3;(H2,1,2,3,4). The molecule has 8 nitrogen and oxygen atoms in total. The quantitative estimate of drug-likeness (QED) is 0.550. The maximum absolute atomic E-state index is 10.4. The van der Waals surface area contributed by atoms with Gasteiger partial charge in [0.25, 0.3) is 0 Å². The van der Waals surface area contributed by atoms with E-state index >= 15 is 0 Å². The molecule has 10 heteroatoms. The first-order valence-corrected chi connectivity index (χ1v) is 10.2. The molecule has 28 heavy (non-hydrogen) atoms. The van der Waals surface area contributed by atoms with Gasteiger partial charge in [-0.15, -0.1) is 10.2 Å². The average Bonchev–Trinajstić information content (AvgIpc) is 3.25. The van der Waals surface area contributed by atoms with E-state index in [2.05, 4.69) is 22.3 Å². The maximum atomic E-state index is 10.4. The zero-order chi connectivity index (χ0) is 20.7. The number of benzene rings is 1. The SMILES string of the molecule is CC(C)(O)c1cccn2c(C3(c4ccc(Cl)cc4)CC3)nnc12.O=S(=O)(O)O. The Bertz CT molecular complexity index is 1090. The molecule has 1 saturated carbocycles. The number of nitrogens with zero attached hydrogens (tertiary/aromatic N) is 3. The van der Waals surface area contributed by atoms with Crippen molar-refractivity contribution in [3.05, 3.63) is 64.6 Å². The molecule has 0 bridgehead atoms. The molecular weight excluding hydrogens is 406 g/mol. The van der Waals surface area contributed by atoms with E-state index in [1.807, 2.05) is 34.9 Å². The second kappa shape index (κ2) is 7.09. The number of halogens is 1. The summed E-state index contributed by atoms with van der Waals surface area (Å²) in [5, 5.41) is 19.9. The largest absolute Gasteiger partial charge is 0.394 e. The Morgan fingerprint density at radius 3 is 2.18 bits per heavy atom. The molecule has 2 aromatic heterocycles. The monoisotopic (exact) mass is 425 g/mol. The molecule has 0 atom stereocenters. The van der Waals surface area contributed by atoms with Crippen molar-refractivity contribution in [3.8, 4) is 0 Å². The van der Waals surface area contributed by atoms with Gasteiger partial charge < -0.3 is 5.11 Å². The first-order chi connectivity index (χ1) is 12.9. The number of aliphatic hydroxyl groups is 1. The van der Waals surface area contributed by atoms with Gasteiger partial charge in [0.15, 0.2) is 5.65 Å². The van der Waals surface area contributed by atoms with E-state index in [1.165, 1.54) is 5.56 Å². The Hall–Kier alpha value is -2.04. The van der Waals surface area contributed by atoms with Crippen molar-refractivity contribution in [2.75, 3.05) is 0 Å². The molecule has 3 N–H and O–H groups in total. The van der Waals surface area contributed by atoms with Crippen LogP contribution in [0.2, 0.25) is 5.02 Å². The van der Waals surface area contributed by atoms with Crippen LogP contribution < -0.4 is 0 Å². The molecule has 1 aromatic carbocycles. The van der Waals surface area contributed by atoms with Crippen molar-refractivity contribution in [1.29, 1.82) is 0 Å². The summed E-state index contributed by atoms with van der Waals surface area (Å²) in [4.78, 5) is 0. The highest BCUT2D eigenvalue weighted by atomic mass is 35.5. The molecule has 0 unspecified atom stereocenters. The molecular formula is C18H20ClN3O5S. The van der Waals surface area contributed by atoms with E-state index in [0.717, 1.165) is 34.9 Å². The summed E-state index contributed by atoms with van der Waals surface area (Å²) in [5.41, 5.74) is 1.66. The smallest absolute Gasteiger partial charge is 0.386 e. The summed E-state index contributed by atoms with van der Waals surface area (Å²) in [5.74, 6) is 0.931. The molecule has 0 saturated heterocycles. The lowest BCUT2D eigenvalue weighted by atomic mass is 9.95. The molecule has 0 aliphatic heterocycles. The number of rotatable bonds is 3. The summed E-state index contributed by atoms with van der Waals surface area (Å²) in [6.07, 6.45) is 4.06. The van der Waals surface area contributed by atoms with Crippen LogP contribution >= 0.6 is 11.6 Å². The van der Waals surface area contributed by atoms with Gasteiger partial charge in [-0.05, 0) is 50.5 Å². The number of aromatic nitrogens is 3. The lowest BCUT2D eigenvalue weighted by Crippen LogP contribution is -2.18. The Labute approximate surface area is 167 Å². The number of hydrogen-bond acceptors (Lipinski definition) is 5. The zero-order valence-electron chi connectivity index (χ0n) is 15.2. The van der Waals surface area contributed by atoms with Gasteiger partial charge >= 0.3 is 10.4 Å². The fraction of sp³-hybridized carbons (Fsp3) is 0.333. The minimum Gasteiger partial charge on any atom is -0.386 e. The second-order valence-electron chi connectivity index (χ2n) is 7.23. The lowest BCUT2D eigenvalue weighted by molar-refractivity contribution is 0.0796. The first-order valence-electron chi connectivity index (χ1n) is 8.45. The Morgan fingerprint density at radius 1 is 1.11 bits per heavy atom. The van der Waals surface area contributed by atoms with E-state index in [9.17, 15) is 5.11 Å². The van der Waals surface area contributed by atoms with Crippen LogP contribution in [0.4, 0.5) is 0 Å². The van der Waals surface area contributed by atoms with Gasteiger partial charge in [-0.3, -0.25) is 13.5 Å². The highest BCUT2D eigenvalue weighted by molar-refractivity contribution is 7.79. The van der Waals surface area contributed by atoms with Crippen molar-refractivity contribution in [2.45, 2.75) is 37.7 Å². The average molecular weight is 426 g/mol. The molecule has 150 valence electrons. The highest BCUT2D eigenvalue weighted by Gasteiger charge is 2.49. The zero-order valence-corrected chi connectivity index (χ0v) is 16.8. The van der Waals surface area contributed by atoms with Gasteiger partial charge in [-0.2, -0.15) is 8.42 Å². The first kappa shape index (κ1) is 20.7. The van der Waals surface area contributed by atoms with Crippen LogP contribution in [0.15, 0.2) is 42.6 Å². The summed E-state index contributed by atoms with van der Waals surface area (Å²) in [7, 11) is -4.67. The van der Waals surface area contributed by atoms with Crippen molar-refractivity contribution in [3.63, 3.8) is 0 Å². The van der Waals surface area contributed by atoms with Crippen LogP contribution in [0.25, 0.3) is 5.65 Å². The topological polar surface area (TPSA) is 125 Å². The van der Waals surface area contributed by atoms with Gasteiger partial charge in [-0.25, -0.2) is 0 Å². The molecule has 1 aliphatic rings. The molecule has 0 amide bonds. The number of pyridine rings is 1. The summed E-state index contributed by atoms with van der Waals surface area (Å²) < 4.78 is 33.6. The van der Waals surface area contributed by atoms with Crippen LogP contribution in [0.3, 0.4) is 0 Å². The highest BCUT2D eigenvalue weighted by Crippen LogP contribution is 2.53. The van der Waals surface area contributed by atoms with E-state index in [-0.39, 0.29) is 5.41 Å². The third kappa shape index (κ3) is 4.34. The molecule has 2 heterocycles. The Kier molecular flexibility index (Phi) is 5.24. The predicted octanol–water partition coefficient (Wildman–Crippen LogP) is 3.04. The van der Waals surface area contributed by atoms with Crippen molar-refractivity contribution >= 4 is 27.6 Å². The summed E-state index contributed by atoms with van der Waals surface area (Å²) in [6.45, 7) is 3.53. The molecule has 0 spiro atoms. The van der Waals surface area contributed by atoms with Crippen LogP contribution in [-0.4, -0.2) is 37.2 Å². The summed E-state index contributed by atoms with van der Waals surface area (Å²) in [6, 6.07) is 11.8. The van der Waals surface area contributed by atoms with Crippen molar-refractivity contribution in [1.82, 2.24) is 14.6 Å². The van der Waals surface area contributed by atoms with E-state index < -0.39 is 16.0 Å². The molecule has 1 fully saturated rings. The van der Waals surface area contributed by atoms with E-state index in [0.29, 0.717) is 0 Å². The van der Waals surface area contributed by atoms with Gasteiger partial charge in [0.1, 0.15) is 5.82 Å². The van der Waals surface area contributed by atoms with E-state index in [4.69, 9.17) is 29.1 Å². The Balaban J connectivity index is 0.000000403. The predicted molar refractivity (Wildman–Crippen MR) is 104 cm³/mol. The summed E-state index contributed by atoms with van der Waals surface area (Å²) >= 11 is 6.01. The minimum atomic E-state index is -4.67. The number of fused-ring (bicyclic) bond motifs is 1. The van der Waals surface area contributed by atoms with Crippen LogP contribution in [0.1, 0.15) is 43.6 Å². The minimum absolute atomic E-state index is 0.0950. The lowest BCUT2D eigenvalue weighted by Gasteiger charge is -2.19. The van der Waals surface area contributed by atoms with Gasteiger partial charge in [0.2, 0.25) is 0 Å². The maximum Gasteiger partial charge on any atom is 0.394 e. The Morgan fingerprint density at radius 2 is 1.68 bits per heavy atom.